The first kappa shape index (κ1) is 14.5. The minimum atomic E-state index is -2.48. The largest absolute Gasteiger partial charge is 0.485 e. The molecule has 0 radical (unpaired) electrons. The van der Waals surface area contributed by atoms with Crippen molar-refractivity contribution in [1.29, 1.82) is 0 Å². The Labute approximate surface area is 130 Å². The molecule has 0 aliphatic carbocycles. The van der Waals surface area contributed by atoms with Gasteiger partial charge in [-0.15, -0.1) is 0 Å². The Balaban J connectivity index is 1.92. The third kappa shape index (κ3) is 2.94. The van der Waals surface area contributed by atoms with Gasteiger partial charge in [0, 0.05) is 28.1 Å². The standard InChI is InChI=1S/C16H14BrF2NO/c17-11-4-5-14-12(7-11)13(20)8-15(21-14)9-2-1-3-10(6-9)16(18)19/h1-7,13,15-16H,8,20H2. The lowest BCUT2D eigenvalue weighted by Gasteiger charge is -2.31. The topological polar surface area (TPSA) is 35.2 Å². The van der Waals surface area contributed by atoms with Crippen LogP contribution in [0.2, 0.25) is 0 Å². The molecule has 1 heterocycles. The Morgan fingerprint density at radius 3 is 2.76 bits per heavy atom. The first-order valence-corrected chi connectivity index (χ1v) is 7.43. The van der Waals surface area contributed by atoms with Gasteiger partial charge in [0.1, 0.15) is 11.9 Å². The zero-order valence-corrected chi connectivity index (χ0v) is 12.7. The van der Waals surface area contributed by atoms with E-state index in [1.54, 1.807) is 12.1 Å². The molecule has 0 spiro atoms. The SMILES string of the molecule is NC1CC(c2cccc(C(F)F)c2)Oc2ccc(Br)cc21. The monoisotopic (exact) mass is 353 g/mol. The van der Waals surface area contributed by atoms with E-state index in [1.165, 1.54) is 12.1 Å². The summed E-state index contributed by atoms with van der Waals surface area (Å²) in [5.74, 6) is 0.712. The minimum Gasteiger partial charge on any atom is -0.485 e. The van der Waals surface area contributed by atoms with Crippen LogP contribution in [0.1, 0.15) is 41.7 Å². The Kier molecular flexibility index (Phi) is 3.95. The van der Waals surface area contributed by atoms with Gasteiger partial charge >= 0.3 is 0 Å². The number of halogens is 3. The normalized spacial score (nSPS) is 21.0. The van der Waals surface area contributed by atoms with E-state index < -0.39 is 6.43 Å². The van der Waals surface area contributed by atoms with E-state index in [2.05, 4.69) is 15.9 Å². The Bertz CT molecular complexity index is 662. The van der Waals surface area contributed by atoms with Crippen molar-refractivity contribution in [2.45, 2.75) is 25.0 Å². The molecule has 1 aliphatic rings. The summed E-state index contributed by atoms with van der Waals surface area (Å²) in [6, 6.07) is 11.8. The summed E-state index contributed by atoms with van der Waals surface area (Å²) in [5, 5.41) is 0. The van der Waals surface area contributed by atoms with E-state index in [0.29, 0.717) is 12.2 Å². The molecular formula is C16H14BrF2NO. The fourth-order valence-electron chi connectivity index (χ4n) is 2.57. The fraction of sp³-hybridized carbons (Fsp3) is 0.250. The first-order valence-electron chi connectivity index (χ1n) is 6.64. The second-order valence-corrected chi connectivity index (χ2v) is 6.02. The maximum absolute atomic E-state index is 12.8. The highest BCUT2D eigenvalue weighted by atomic mass is 79.9. The van der Waals surface area contributed by atoms with Gasteiger partial charge in [-0.05, 0) is 29.8 Å². The van der Waals surface area contributed by atoms with Crippen LogP contribution >= 0.6 is 15.9 Å². The number of alkyl halides is 2. The van der Waals surface area contributed by atoms with Crippen molar-refractivity contribution in [2.75, 3.05) is 0 Å². The predicted octanol–water partition coefficient (Wildman–Crippen LogP) is 4.91. The van der Waals surface area contributed by atoms with Crippen LogP contribution in [0.5, 0.6) is 5.75 Å². The summed E-state index contributed by atoms with van der Waals surface area (Å²) in [5.41, 5.74) is 7.87. The van der Waals surface area contributed by atoms with E-state index in [-0.39, 0.29) is 17.7 Å². The van der Waals surface area contributed by atoms with Crippen molar-refractivity contribution in [2.24, 2.45) is 5.73 Å². The molecule has 0 fully saturated rings. The van der Waals surface area contributed by atoms with Gasteiger partial charge in [-0.1, -0.05) is 34.1 Å². The average molecular weight is 354 g/mol. The van der Waals surface area contributed by atoms with Gasteiger partial charge in [-0.25, -0.2) is 8.78 Å². The number of rotatable bonds is 2. The van der Waals surface area contributed by atoms with E-state index in [9.17, 15) is 8.78 Å². The summed E-state index contributed by atoms with van der Waals surface area (Å²) < 4.78 is 32.5. The van der Waals surface area contributed by atoms with E-state index in [0.717, 1.165) is 15.6 Å². The minimum absolute atomic E-state index is 0.00581. The lowest BCUT2D eigenvalue weighted by Crippen LogP contribution is -2.24. The van der Waals surface area contributed by atoms with Gasteiger partial charge in [0.2, 0.25) is 0 Å². The Hall–Kier alpha value is -1.46. The lowest BCUT2D eigenvalue weighted by molar-refractivity contribution is 0.148. The smallest absolute Gasteiger partial charge is 0.263 e. The quantitative estimate of drug-likeness (QED) is 0.832. The highest BCUT2D eigenvalue weighted by molar-refractivity contribution is 9.10. The first-order chi connectivity index (χ1) is 10.0. The van der Waals surface area contributed by atoms with Gasteiger partial charge in [-0.3, -0.25) is 0 Å². The molecule has 3 rings (SSSR count). The molecule has 2 aromatic carbocycles. The van der Waals surface area contributed by atoms with Crippen molar-refractivity contribution >= 4 is 15.9 Å². The van der Waals surface area contributed by atoms with Crippen LogP contribution in [0.3, 0.4) is 0 Å². The molecule has 2 aromatic rings. The third-order valence-corrected chi connectivity index (χ3v) is 4.14. The number of benzene rings is 2. The molecule has 0 aromatic heterocycles. The van der Waals surface area contributed by atoms with Crippen LogP contribution in [-0.2, 0) is 0 Å². The summed E-state index contributed by atoms with van der Waals surface area (Å²) in [6.45, 7) is 0. The second kappa shape index (κ2) is 5.73. The molecule has 2 atom stereocenters. The van der Waals surface area contributed by atoms with Crippen LogP contribution in [0.15, 0.2) is 46.9 Å². The van der Waals surface area contributed by atoms with Crippen LogP contribution in [0.4, 0.5) is 8.78 Å². The van der Waals surface area contributed by atoms with Gasteiger partial charge in [-0.2, -0.15) is 0 Å². The number of hydrogen-bond donors (Lipinski definition) is 1. The van der Waals surface area contributed by atoms with Gasteiger partial charge in [0.15, 0.2) is 0 Å². The van der Waals surface area contributed by atoms with E-state index >= 15 is 0 Å². The molecule has 5 heteroatoms. The molecule has 21 heavy (non-hydrogen) atoms. The molecule has 2 nitrogen and oxygen atoms in total. The average Bonchev–Trinajstić information content (AvgIpc) is 2.48. The lowest BCUT2D eigenvalue weighted by atomic mass is 9.93. The molecule has 2 N–H and O–H groups in total. The van der Waals surface area contributed by atoms with Gasteiger partial charge in [0.05, 0.1) is 0 Å². The highest BCUT2D eigenvalue weighted by Crippen LogP contribution is 2.41. The van der Waals surface area contributed by atoms with Crippen molar-refractivity contribution in [3.8, 4) is 5.75 Å². The Morgan fingerprint density at radius 2 is 2.00 bits per heavy atom. The van der Waals surface area contributed by atoms with E-state index in [4.69, 9.17) is 10.5 Å². The zero-order chi connectivity index (χ0) is 15.0. The second-order valence-electron chi connectivity index (χ2n) is 5.10. The van der Waals surface area contributed by atoms with Crippen LogP contribution in [-0.4, -0.2) is 0 Å². The van der Waals surface area contributed by atoms with E-state index in [1.807, 2.05) is 18.2 Å². The van der Waals surface area contributed by atoms with Gasteiger partial charge < -0.3 is 10.5 Å². The molecule has 0 amide bonds. The van der Waals surface area contributed by atoms with Crippen molar-refractivity contribution < 1.29 is 13.5 Å². The molecule has 2 unspecified atom stereocenters. The maximum atomic E-state index is 12.8. The number of ether oxygens (including phenoxy) is 1. The Morgan fingerprint density at radius 1 is 1.19 bits per heavy atom. The molecule has 1 aliphatic heterocycles. The molecule has 0 bridgehead atoms. The molecule has 110 valence electrons. The number of hydrogen-bond acceptors (Lipinski definition) is 2. The zero-order valence-electron chi connectivity index (χ0n) is 11.1. The predicted molar refractivity (Wildman–Crippen MR) is 80.5 cm³/mol. The summed E-state index contributed by atoms with van der Waals surface area (Å²) in [7, 11) is 0. The number of fused-ring (bicyclic) bond motifs is 1. The summed E-state index contributed by atoms with van der Waals surface area (Å²) in [6.07, 6.45) is -2.21. The summed E-state index contributed by atoms with van der Waals surface area (Å²) >= 11 is 3.41. The highest BCUT2D eigenvalue weighted by Gasteiger charge is 2.27. The fourth-order valence-corrected chi connectivity index (χ4v) is 2.95. The van der Waals surface area contributed by atoms with Gasteiger partial charge in [0.25, 0.3) is 6.43 Å². The van der Waals surface area contributed by atoms with Crippen LogP contribution < -0.4 is 10.5 Å². The maximum Gasteiger partial charge on any atom is 0.263 e. The van der Waals surface area contributed by atoms with Crippen molar-refractivity contribution in [3.05, 3.63) is 63.6 Å². The van der Waals surface area contributed by atoms with Crippen molar-refractivity contribution in [3.63, 3.8) is 0 Å². The molecular weight excluding hydrogens is 340 g/mol. The number of nitrogens with two attached hydrogens (primary N) is 1. The molecule has 0 saturated carbocycles. The van der Waals surface area contributed by atoms with Crippen LogP contribution in [0.25, 0.3) is 0 Å². The van der Waals surface area contributed by atoms with Crippen LogP contribution in [0, 0.1) is 0 Å². The summed E-state index contributed by atoms with van der Waals surface area (Å²) in [4.78, 5) is 0. The van der Waals surface area contributed by atoms with Crippen molar-refractivity contribution in [1.82, 2.24) is 0 Å². The molecule has 0 saturated heterocycles. The third-order valence-electron chi connectivity index (χ3n) is 3.64.